The van der Waals surface area contributed by atoms with Crippen LogP contribution in [-0.2, 0) is 0 Å². The Morgan fingerprint density at radius 2 is 1.29 bits per heavy atom. The minimum Gasteiger partial charge on any atom is -0.395 e. The van der Waals surface area contributed by atoms with Crippen molar-refractivity contribution in [1.29, 1.82) is 0 Å². The Hall–Kier alpha value is -0.600. The molecule has 6 atom stereocenters. The fourth-order valence-electron chi connectivity index (χ4n) is 5.32. The Labute approximate surface area is 150 Å². The molecule has 0 fully saturated rings. The Bertz CT molecular complexity index is 427. The molecule has 24 heavy (non-hydrogen) atoms. The standard InChI is InChI=1S/C22H39NO/c1-15-9-17(3)21(18(4)10-15)13-23(7-8-24)14-22-19(5)11-16(2)12-20(22)6/h9,11,17-22,24H,7-8,10,12-14H2,1-6H3/t17-,18+,19+,20-,21-,22+. The van der Waals surface area contributed by atoms with Crippen molar-refractivity contribution in [2.24, 2.45) is 35.5 Å². The van der Waals surface area contributed by atoms with E-state index in [1.807, 2.05) is 0 Å². The minimum absolute atomic E-state index is 0.273. The SMILES string of the molecule is CC1=C[C@H](C)[C@H](CN(CCO)C[C@@H]2[C@H](C)C=C(C)C[C@@H]2C)[C@H](C)C1. The Morgan fingerprint density at radius 3 is 1.62 bits per heavy atom. The summed E-state index contributed by atoms with van der Waals surface area (Å²) in [6.07, 6.45) is 7.42. The first-order valence-corrected chi connectivity index (χ1v) is 9.99. The molecule has 0 saturated heterocycles. The van der Waals surface area contributed by atoms with E-state index in [2.05, 4.69) is 58.6 Å². The Balaban J connectivity index is 2.04. The third kappa shape index (κ3) is 4.95. The van der Waals surface area contributed by atoms with Crippen LogP contribution in [0.3, 0.4) is 0 Å². The molecule has 0 amide bonds. The molecule has 0 heterocycles. The summed E-state index contributed by atoms with van der Waals surface area (Å²) in [7, 11) is 0. The second kappa shape index (κ2) is 8.67. The molecule has 0 unspecified atom stereocenters. The van der Waals surface area contributed by atoms with Crippen molar-refractivity contribution >= 4 is 0 Å². The summed E-state index contributed by atoms with van der Waals surface area (Å²) in [6, 6.07) is 0. The van der Waals surface area contributed by atoms with E-state index in [0.717, 1.165) is 31.5 Å². The van der Waals surface area contributed by atoms with Crippen molar-refractivity contribution in [3.05, 3.63) is 23.3 Å². The first kappa shape index (κ1) is 19.7. The number of aliphatic hydroxyl groups excluding tert-OH is 1. The van der Waals surface area contributed by atoms with Gasteiger partial charge in [0, 0.05) is 19.6 Å². The summed E-state index contributed by atoms with van der Waals surface area (Å²) in [5, 5.41) is 9.58. The smallest absolute Gasteiger partial charge is 0.0558 e. The van der Waals surface area contributed by atoms with Gasteiger partial charge < -0.3 is 10.0 Å². The molecule has 2 heteroatoms. The molecule has 0 bridgehead atoms. The number of nitrogens with zero attached hydrogens (tertiary/aromatic N) is 1. The maximum Gasteiger partial charge on any atom is 0.0558 e. The van der Waals surface area contributed by atoms with Gasteiger partial charge >= 0.3 is 0 Å². The van der Waals surface area contributed by atoms with Gasteiger partial charge in [0.2, 0.25) is 0 Å². The number of rotatable bonds is 6. The highest BCUT2D eigenvalue weighted by Gasteiger charge is 2.32. The van der Waals surface area contributed by atoms with Gasteiger partial charge in [0.1, 0.15) is 0 Å². The van der Waals surface area contributed by atoms with Crippen molar-refractivity contribution in [1.82, 2.24) is 4.90 Å². The van der Waals surface area contributed by atoms with E-state index >= 15 is 0 Å². The molecular weight excluding hydrogens is 294 g/mol. The Kier molecular flexibility index (Phi) is 7.12. The fourth-order valence-corrected chi connectivity index (χ4v) is 5.32. The van der Waals surface area contributed by atoms with Gasteiger partial charge in [-0.05, 0) is 62.2 Å². The third-order valence-corrected chi connectivity index (χ3v) is 6.55. The quantitative estimate of drug-likeness (QED) is 0.709. The lowest BCUT2D eigenvalue weighted by molar-refractivity contribution is 0.0960. The molecule has 2 rings (SSSR count). The van der Waals surface area contributed by atoms with Gasteiger partial charge in [-0.2, -0.15) is 0 Å². The van der Waals surface area contributed by atoms with E-state index in [1.54, 1.807) is 11.1 Å². The van der Waals surface area contributed by atoms with E-state index < -0.39 is 0 Å². The lowest BCUT2D eigenvalue weighted by Gasteiger charge is -2.41. The zero-order valence-electron chi connectivity index (χ0n) is 16.8. The monoisotopic (exact) mass is 333 g/mol. The topological polar surface area (TPSA) is 23.5 Å². The van der Waals surface area contributed by atoms with E-state index in [0.29, 0.717) is 23.7 Å². The van der Waals surface area contributed by atoms with Crippen LogP contribution in [0.2, 0.25) is 0 Å². The zero-order chi connectivity index (χ0) is 17.9. The van der Waals surface area contributed by atoms with Crippen LogP contribution in [0.25, 0.3) is 0 Å². The molecule has 0 aromatic carbocycles. The third-order valence-electron chi connectivity index (χ3n) is 6.55. The number of hydrogen-bond acceptors (Lipinski definition) is 2. The first-order chi connectivity index (χ1) is 11.3. The lowest BCUT2D eigenvalue weighted by Crippen LogP contribution is -2.43. The van der Waals surface area contributed by atoms with Crippen LogP contribution >= 0.6 is 0 Å². The van der Waals surface area contributed by atoms with E-state index in [9.17, 15) is 5.11 Å². The summed E-state index contributed by atoms with van der Waals surface area (Å²) in [6.45, 7) is 17.5. The van der Waals surface area contributed by atoms with Gasteiger partial charge in [0.15, 0.2) is 0 Å². The summed E-state index contributed by atoms with van der Waals surface area (Å²) < 4.78 is 0. The molecule has 2 nitrogen and oxygen atoms in total. The van der Waals surface area contributed by atoms with E-state index in [4.69, 9.17) is 0 Å². The number of allylic oxidation sites excluding steroid dienone is 4. The van der Waals surface area contributed by atoms with Crippen LogP contribution in [0.4, 0.5) is 0 Å². The highest BCUT2D eigenvalue weighted by Crippen LogP contribution is 2.36. The molecule has 0 spiro atoms. The van der Waals surface area contributed by atoms with Crippen LogP contribution in [0, 0.1) is 35.5 Å². The van der Waals surface area contributed by atoms with Crippen molar-refractivity contribution in [2.45, 2.75) is 54.4 Å². The van der Waals surface area contributed by atoms with Gasteiger partial charge in [-0.1, -0.05) is 51.0 Å². The average molecular weight is 334 g/mol. The molecule has 2 aliphatic rings. The summed E-state index contributed by atoms with van der Waals surface area (Å²) in [5.41, 5.74) is 3.10. The second-order valence-electron chi connectivity index (χ2n) is 8.92. The molecule has 0 aromatic rings. The van der Waals surface area contributed by atoms with Crippen LogP contribution in [0.15, 0.2) is 23.3 Å². The molecule has 0 radical (unpaired) electrons. The molecule has 0 aromatic heterocycles. The van der Waals surface area contributed by atoms with Crippen LogP contribution in [-0.4, -0.2) is 36.2 Å². The molecule has 1 N–H and O–H groups in total. The van der Waals surface area contributed by atoms with Gasteiger partial charge in [-0.3, -0.25) is 0 Å². The summed E-state index contributed by atoms with van der Waals surface area (Å²) in [4.78, 5) is 2.55. The van der Waals surface area contributed by atoms with Crippen molar-refractivity contribution in [3.8, 4) is 0 Å². The van der Waals surface area contributed by atoms with Gasteiger partial charge in [-0.15, -0.1) is 0 Å². The first-order valence-electron chi connectivity index (χ1n) is 9.99. The number of aliphatic hydroxyl groups is 1. The van der Waals surface area contributed by atoms with Gasteiger partial charge in [0.05, 0.1) is 6.61 Å². The van der Waals surface area contributed by atoms with Crippen LogP contribution < -0.4 is 0 Å². The maximum atomic E-state index is 9.58. The molecule has 2 aliphatic carbocycles. The Morgan fingerprint density at radius 1 is 0.875 bits per heavy atom. The van der Waals surface area contributed by atoms with Gasteiger partial charge in [0.25, 0.3) is 0 Å². The number of hydrogen-bond donors (Lipinski definition) is 1. The van der Waals surface area contributed by atoms with E-state index in [-0.39, 0.29) is 6.61 Å². The zero-order valence-corrected chi connectivity index (χ0v) is 16.8. The maximum absolute atomic E-state index is 9.58. The minimum atomic E-state index is 0.273. The summed E-state index contributed by atoms with van der Waals surface area (Å²) >= 11 is 0. The largest absolute Gasteiger partial charge is 0.395 e. The highest BCUT2D eigenvalue weighted by molar-refractivity contribution is 5.10. The van der Waals surface area contributed by atoms with Crippen molar-refractivity contribution in [3.63, 3.8) is 0 Å². The van der Waals surface area contributed by atoms with Crippen LogP contribution in [0.1, 0.15) is 54.4 Å². The predicted molar refractivity (Wildman–Crippen MR) is 104 cm³/mol. The predicted octanol–water partition coefficient (Wildman–Crippen LogP) is 4.76. The molecule has 0 saturated carbocycles. The lowest BCUT2D eigenvalue weighted by atomic mass is 9.73. The van der Waals surface area contributed by atoms with E-state index in [1.165, 1.54) is 12.8 Å². The normalized spacial score (nSPS) is 37.3. The molecule has 0 aliphatic heterocycles. The van der Waals surface area contributed by atoms with Crippen LogP contribution in [0.5, 0.6) is 0 Å². The van der Waals surface area contributed by atoms with Gasteiger partial charge in [-0.25, -0.2) is 0 Å². The van der Waals surface area contributed by atoms with Crippen molar-refractivity contribution in [2.75, 3.05) is 26.2 Å². The summed E-state index contributed by atoms with van der Waals surface area (Å²) in [5.74, 6) is 4.22. The fraction of sp³-hybridized carbons (Fsp3) is 0.818. The highest BCUT2D eigenvalue weighted by atomic mass is 16.3. The second-order valence-corrected chi connectivity index (χ2v) is 8.92. The molecule has 138 valence electrons. The average Bonchev–Trinajstić information content (AvgIpc) is 2.46. The molecular formula is C22H39NO. The van der Waals surface area contributed by atoms with Crippen molar-refractivity contribution < 1.29 is 5.11 Å².